The molecule has 3 aromatic carbocycles. The molecular formula is C22H15ClN4O3S. The number of thiazole rings is 1. The number of nitrogens with zero attached hydrogens (tertiary/aromatic N) is 2. The molecule has 0 fully saturated rings. The molecule has 1 aromatic heterocycles. The van der Waals surface area contributed by atoms with Gasteiger partial charge < -0.3 is 10.6 Å². The van der Waals surface area contributed by atoms with Gasteiger partial charge in [0.1, 0.15) is 0 Å². The molecule has 154 valence electrons. The zero-order chi connectivity index (χ0) is 21.8. The maximum atomic E-state index is 12.5. The van der Waals surface area contributed by atoms with Crippen LogP contribution in [0.25, 0.3) is 11.3 Å². The molecule has 0 saturated heterocycles. The Morgan fingerprint density at radius 1 is 1.00 bits per heavy atom. The summed E-state index contributed by atoms with van der Waals surface area (Å²) in [5.74, 6) is -0.351. The normalized spacial score (nSPS) is 10.5. The van der Waals surface area contributed by atoms with Gasteiger partial charge in [-0.2, -0.15) is 0 Å². The van der Waals surface area contributed by atoms with Gasteiger partial charge in [-0.15, -0.1) is 11.3 Å². The SMILES string of the molecule is O=C(Nc1cccc(-c2csc(Nc3ccc(Cl)cc3)n2)c1)c1ccc([N+](=O)[O-])cc1. The molecule has 0 bridgehead atoms. The molecule has 31 heavy (non-hydrogen) atoms. The van der Waals surface area contributed by atoms with Gasteiger partial charge in [0.25, 0.3) is 11.6 Å². The lowest BCUT2D eigenvalue weighted by atomic mass is 10.1. The summed E-state index contributed by atoms with van der Waals surface area (Å²) < 4.78 is 0. The van der Waals surface area contributed by atoms with E-state index >= 15 is 0 Å². The summed E-state index contributed by atoms with van der Waals surface area (Å²) in [5.41, 5.74) is 3.37. The maximum Gasteiger partial charge on any atom is 0.269 e. The number of hydrogen-bond donors (Lipinski definition) is 2. The van der Waals surface area contributed by atoms with Crippen molar-refractivity contribution in [3.05, 3.63) is 98.9 Å². The third-order valence-electron chi connectivity index (χ3n) is 4.36. The quantitative estimate of drug-likeness (QED) is 0.263. The monoisotopic (exact) mass is 450 g/mol. The number of benzene rings is 3. The first-order valence-electron chi connectivity index (χ1n) is 9.12. The minimum absolute atomic E-state index is 0.0647. The fourth-order valence-corrected chi connectivity index (χ4v) is 3.68. The van der Waals surface area contributed by atoms with E-state index in [1.807, 2.05) is 35.7 Å². The summed E-state index contributed by atoms with van der Waals surface area (Å²) in [5, 5.41) is 20.1. The first-order valence-corrected chi connectivity index (χ1v) is 10.4. The number of anilines is 3. The Labute approximate surface area is 186 Å². The lowest BCUT2D eigenvalue weighted by Crippen LogP contribution is -2.11. The lowest BCUT2D eigenvalue weighted by Gasteiger charge is -2.07. The molecule has 2 N–H and O–H groups in total. The number of non-ortho nitro benzene ring substituents is 1. The summed E-state index contributed by atoms with van der Waals surface area (Å²) in [6.45, 7) is 0. The highest BCUT2D eigenvalue weighted by Gasteiger charge is 2.11. The molecule has 0 aliphatic carbocycles. The van der Waals surface area contributed by atoms with E-state index in [0.29, 0.717) is 16.3 Å². The van der Waals surface area contributed by atoms with E-state index in [1.165, 1.54) is 35.6 Å². The number of carbonyl (C=O) groups excluding carboxylic acids is 1. The maximum absolute atomic E-state index is 12.5. The second-order valence-corrected chi connectivity index (χ2v) is 7.80. The Hall–Kier alpha value is -3.75. The summed E-state index contributed by atoms with van der Waals surface area (Å²) >= 11 is 7.38. The summed E-state index contributed by atoms with van der Waals surface area (Å²) in [4.78, 5) is 27.3. The molecule has 0 radical (unpaired) electrons. The highest BCUT2D eigenvalue weighted by atomic mass is 35.5. The zero-order valence-corrected chi connectivity index (χ0v) is 17.5. The molecule has 1 amide bonds. The van der Waals surface area contributed by atoms with Gasteiger partial charge in [0.15, 0.2) is 5.13 Å². The average Bonchev–Trinajstić information content (AvgIpc) is 3.24. The Bertz CT molecular complexity index is 1240. The molecule has 1 heterocycles. The van der Waals surface area contributed by atoms with Crippen molar-refractivity contribution in [1.29, 1.82) is 0 Å². The Morgan fingerprint density at radius 2 is 1.74 bits per heavy atom. The van der Waals surface area contributed by atoms with Crippen LogP contribution < -0.4 is 10.6 Å². The lowest BCUT2D eigenvalue weighted by molar-refractivity contribution is -0.384. The third kappa shape index (κ3) is 5.06. The van der Waals surface area contributed by atoms with Gasteiger partial charge in [-0.05, 0) is 48.5 Å². The predicted octanol–water partition coefficient (Wildman–Crippen LogP) is 6.37. The first-order chi connectivity index (χ1) is 15.0. The molecule has 0 aliphatic rings. The fraction of sp³-hybridized carbons (Fsp3) is 0. The van der Waals surface area contributed by atoms with Crippen LogP contribution in [0.1, 0.15) is 10.4 Å². The van der Waals surface area contributed by atoms with E-state index in [2.05, 4.69) is 15.6 Å². The molecule has 0 atom stereocenters. The van der Waals surface area contributed by atoms with Gasteiger partial charge in [-0.1, -0.05) is 23.7 Å². The van der Waals surface area contributed by atoms with Gasteiger partial charge in [0, 0.05) is 45.0 Å². The van der Waals surface area contributed by atoms with Crippen LogP contribution >= 0.6 is 22.9 Å². The molecule has 9 heteroatoms. The average molecular weight is 451 g/mol. The van der Waals surface area contributed by atoms with Crippen molar-refractivity contribution < 1.29 is 9.72 Å². The second kappa shape index (κ2) is 8.95. The van der Waals surface area contributed by atoms with Crippen LogP contribution in [0, 0.1) is 10.1 Å². The number of nitro groups is 1. The Balaban J connectivity index is 1.47. The van der Waals surface area contributed by atoms with Gasteiger partial charge in [-0.3, -0.25) is 14.9 Å². The number of rotatable bonds is 6. The number of aromatic nitrogens is 1. The standard InChI is InChI=1S/C22H15ClN4O3S/c23-16-6-8-17(9-7-16)25-22-26-20(13-31-22)15-2-1-3-18(12-15)24-21(28)14-4-10-19(11-5-14)27(29)30/h1-13H,(H,24,28)(H,25,26). The van der Waals surface area contributed by atoms with Crippen molar-refractivity contribution in [1.82, 2.24) is 4.98 Å². The van der Waals surface area contributed by atoms with E-state index in [1.54, 1.807) is 18.2 Å². The van der Waals surface area contributed by atoms with E-state index in [4.69, 9.17) is 11.6 Å². The molecule has 0 aliphatic heterocycles. The topological polar surface area (TPSA) is 97.2 Å². The number of amides is 1. The van der Waals surface area contributed by atoms with Gasteiger partial charge in [0.2, 0.25) is 0 Å². The molecule has 0 unspecified atom stereocenters. The summed E-state index contributed by atoms with van der Waals surface area (Å²) in [7, 11) is 0. The van der Waals surface area contributed by atoms with Crippen molar-refractivity contribution >= 4 is 51.0 Å². The van der Waals surface area contributed by atoms with Crippen LogP contribution in [0.5, 0.6) is 0 Å². The van der Waals surface area contributed by atoms with E-state index in [9.17, 15) is 14.9 Å². The minimum Gasteiger partial charge on any atom is -0.332 e. The fourth-order valence-electron chi connectivity index (χ4n) is 2.81. The number of nitro benzene ring substituents is 1. The largest absolute Gasteiger partial charge is 0.332 e. The number of hydrogen-bond acceptors (Lipinski definition) is 6. The molecule has 0 saturated carbocycles. The van der Waals surface area contributed by atoms with E-state index < -0.39 is 4.92 Å². The molecule has 4 rings (SSSR count). The number of nitrogens with one attached hydrogen (secondary N) is 2. The third-order valence-corrected chi connectivity index (χ3v) is 5.37. The van der Waals surface area contributed by atoms with Crippen LogP contribution in [0.15, 0.2) is 78.2 Å². The van der Waals surface area contributed by atoms with Crippen molar-refractivity contribution in [3.63, 3.8) is 0 Å². The van der Waals surface area contributed by atoms with Gasteiger partial charge in [0.05, 0.1) is 10.6 Å². The van der Waals surface area contributed by atoms with Gasteiger partial charge >= 0.3 is 0 Å². The molecule has 4 aromatic rings. The van der Waals surface area contributed by atoms with Crippen molar-refractivity contribution in [2.24, 2.45) is 0 Å². The van der Waals surface area contributed by atoms with Crippen LogP contribution in [-0.4, -0.2) is 15.8 Å². The minimum atomic E-state index is -0.505. The van der Waals surface area contributed by atoms with Crippen LogP contribution in [0.2, 0.25) is 5.02 Å². The van der Waals surface area contributed by atoms with Crippen LogP contribution in [-0.2, 0) is 0 Å². The Kier molecular flexibility index (Phi) is 5.92. The van der Waals surface area contributed by atoms with E-state index in [0.717, 1.165) is 22.1 Å². The summed E-state index contributed by atoms with van der Waals surface area (Å²) in [6, 6.07) is 20.1. The number of halogens is 1. The number of carbonyl (C=O) groups is 1. The highest BCUT2D eigenvalue weighted by molar-refractivity contribution is 7.14. The first kappa shape index (κ1) is 20.5. The smallest absolute Gasteiger partial charge is 0.269 e. The zero-order valence-electron chi connectivity index (χ0n) is 15.9. The summed E-state index contributed by atoms with van der Waals surface area (Å²) in [6.07, 6.45) is 0. The van der Waals surface area contributed by atoms with E-state index in [-0.39, 0.29) is 11.6 Å². The highest BCUT2D eigenvalue weighted by Crippen LogP contribution is 2.29. The molecule has 0 spiro atoms. The van der Waals surface area contributed by atoms with Crippen molar-refractivity contribution in [3.8, 4) is 11.3 Å². The van der Waals surface area contributed by atoms with Crippen LogP contribution in [0.3, 0.4) is 0 Å². The molecular weight excluding hydrogens is 436 g/mol. The van der Waals surface area contributed by atoms with Crippen molar-refractivity contribution in [2.75, 3.05) is 10.6 Å². The van der Waals surface area contributed by atoms with Gasteiger partial charge in [-0.25, -0.2) is 4.98 Å². The van der Waals surface area contributed by atoms with Crippen molar-refractivity contribution in [2.45, 2.75) is 0 Å². The Morgan fingerprint density at radius 3 is 2.45 bits per heavy atom. The predicted molar refractivity (Wildman–Crippen MR) is 123 cm³/mol. The molecule has 7 nitrogen and oxygen atoms in total. The van der Waals surface area contributed by atoms with Crippen LogP contribution in [0.4, 0.5) is 22.2 Å². The second-order valence-electron chi connectivity index (χ2n) is 6.51.